The summed E-state index contributed by atoms with van der Waals surface area (Å²) in [5, 5.41) is 2.58. The lowest BCUT2D eigenvalue weighted by atomic mass is 9.90. The minimum atomic E-state index is 0.779. The molecule has 0 amide bonds. The molecule has 0 fully saturated rings. The fourth-order valence-corrected chi connectivity index (χ4v) is 11.8. The summed E-state index contributed by atoms with van der Waals surface area (Å²) in [6.07, 6.45) is 58.4. The second kappa shape index (κ2) is 51.3. The lowest BCUT2D eigenvalue weighted by Crippen LogP contribution is -2.26. The quantitative estimate of drug-likeness (QED) is 0.0478. The largest absolute Gasteiger partial charge is 0.208 e. The van der Waals surface area contributed by atoms with E-state index in [0.29, 0.717) is 0 Å². The average molecular weight is 1440 g/mol. The maximum absolute atomic E-state index is 3.65. The van der Waals surface area contributed by atoms with Crippen LogP contribution in [0.5, 0.6) is 0 Å². The first kappa shape index (κ1) is 86.0. The number of pyridine rings is 8. The lowest BCUT2D eigenvalue weighted by molar-refractivity contribution is -0.672. The van der Waals surface area contributed by atoms with Gasteiger partial charge < -0.3 is 0 Å². The monoisotopic (exact) mass is 1440 g/mol. The maximum atomic E-state index is 3.65. The van der Waals surface area contributed by atoms with Gasteiger partial charge >= 0.3 is 0 Å². The Labute approximate surface area is 651 Å². The van der Waals surface area contributed by atoms with E-state index >= 15 is 0 Å². The van der Waals surface area contributed by atoms with Crippen LogP contribution in [0.25, 0.3) is 40.1 Å². The van der Waals surface area contributed by atoms with Crippen molar-refractivity contribution in [3.63, 3.8) is 0 Å². The van der Waals surface area contributed by atoms with Gasteiger partial charge in [0, 0.05) is 96.6 Å². The molecular formula is C100H126N8+8. The van der Waals surface area contributed by atoms with E-state index in [1.165, 1.54) is 149 Å². The molecule has 0 radical (unpaired) electrons. The highest BCUT2D eigenvalue weighted by molar-refractivity contribution is 5.92. The standard InChI is InChI=1S/C18H16N.C15H18N.C15H26N.C13H14N.C12H12N.C11H18N.C8H10N.C8H12N/c1-19-13-11-15(12-14-19)9-10-17-7-4-6-16-5-2-3-8-18(16)17;1-16-12-10-15(11-13-16)9-5-8-14-6-3-2-4-7-14;1-4-6-8-14(9-7-5-2)15-10-12-16(3)13-11-15;1-14-9-7-13(8-10-14)11-12-5-3-2-4-6-12;1-13-9-7-12(8-10-13)11-5-3-2-4-6-11;1-3-4-5-6-11-7-9-12(2)10-8-11;1-3-8-4-6-9(2)7-5-8;1-3-8-5-4-6-9(2)7-8/h2-14H,1H3;2-4,6-7,10-13H,5,8-9H2,1H3;10-14H,4-9H2,1-3H3;2-10H,11H2,1H3;2-10H,1H3;7-10H,3-6H2,1-2H3;3-7H,1H2,2H3;4-7H,3H2,1-2H3/q8*+1/b10-9+;;;;;;;. The number of hydrogen-bond donors (Lipinski definition) is 0. The second-order valence-corrected chi connectivity index (χ2v) is 27.9. The van der Waals surface area contributed by atoms with E-state index in [2.05, 4.69) is 376 Å². The van der Waals surface area contributed by atoms with E-state index < -0.39 is 0 Å². The molecule has 13 aromatic rings. The van der Waals surface area contributed by atoms with Crippen molar-refractivity contribution >= 4 is 29.0 Å². The molecule has 558 valence electrons. The Morgan fingerprint density at radius 1 is 0.296 bits per heavy atom. The number of unbranched alkanes of at least 4 members (excludes halogenated alkanes) is 4. The highest BCUT2D eigenvalue weighted by atomic mass is 14.9. The van der Waals surface area contributed by atoms with Crippen LogP contribution in [0.2, 0.25) is 0 Å². The number of fused-ring (bicyclic) bond motifs is 1. The molecule has 13 rings (SSSR count). The molecule has 0 bridgehead atoms. The summed E-state index contributed by atoms with van der Waals surface area (Å²) < 4.78 is 16.4. The first-order valence-electron chi connectivity index (χ1n) is 39.1. The van der Waals surface area contributed by atoms with Crippen molar-refractivity contribution in [3.05, 3.63) is 392 Å². The van der Waals surface area contributed by atoms with Crippen molar-refractivity contribution in [1.82, 2.24) is 0 Å². The van der Waals surface area contributed by atoms with Crippen LogP contribution in [-0.2, 0) is 88.5 Å². The highest BCUT2D eigenvalue weighted by Gasteiger charge is 2.12. The van der Waals surface area contributed by atoms with Crippen LogP contribution in [0.15, 0.2) is 336 Å². The van der Waals surface area contributed by atoms with Crippen molar-refractivity contribution < 1.29 is 36.5 Å². The molecule has 8 aromatic heterocycles. The van der Waals surface area contributed by atoms with Gasteiger partial charge in [-0.05, 0) is 142 Å². The van der Waals surface area contributed by atoms with Crippen LogP contribution in [0.1, 0.15) is 153 Å². The number of benzene rings is 5. The Hall–Kier alpha value is -11.0. The predicted molar refractivity (Wildman–Crippen MR) is 451 cm³/mol. The van der Waals surface area contributed by atoms with Crippen LogP contribution < -0.4 is 36.5 Å². The van der Waals surface area contributed by atoms with Gasteiger partial charge in [0.15, 0.2) is 99.1 Å². The highest BCUT2D eigenvalue weighted by Crippen LogP contribution is 2.27. The van der Waals surface area contributed by atoms with Crippen LogP contribution >= 0.6 is 0 Å². The smallest absolute Gasteiger partial charge is 0.171 e. The Morgan fingerprint density at radius 2 is 0.676 bits per heavy atom. The third-order valence-corrected chi connectivity index (χ3v) is 18.5. The van der Waals surface area contributed by atoms with Gasteiger partial charge in [0.2, 0.25) is 0 Å². The van der Waals surface area contributed by atoms with Crippen molar-refractivity contribution in [2.75, 3.05) is 0 Å². The SMILES string of the molecule is C=Cc1cc[n+](C)cc1.CCCCC(CCCC)c1cc[n+](C)cc1.CCCCCc1cc[n+](C)cc1.CCc1ccc[n+](C)c1.C[n+]1ccc(-c2ccccc2)cc1.C[n+]1ccc(/C=C/c2cccc3ccccc23)cc1.C[n+]1ccc(CCCc2ccccc2)cc1.C[n+]1ccc(Cc2ccccc2)cc1. The Morgan fingerprint density at radius 3 is 1.15 bits per heavy atom. The maximum Gasteiger partial charge on any atom is 0.171 e. The van der Waals surface area contributed by atoms with E-state index in [1.54, 1.807) is 0 Å². The van der Waals surface area contributed by atoms with Crippen molar-refractivity contribution in [2.45, 2.75) is 130 Å². The van der Waals surface area contributed by atoms with Gasteiger partial charge in [-0.3, -0.25) is 0 Å². The van der Waals surface area contributed by atoms with Gasteiger partial charge in [0.05, 0.1) is 0 Å². The average Bonchev–Trinajstić information content (AvgIpc) is 0.837. The molecule has 8 heteroatoms. The van der Waals surface area contributed by atoms with Gasteiger partial charge in [-0.2, -0.15) is 0 Å². The number of nitrogens with zero attached hydrogens (tertiary/aromatic N) is 8. The lowest BCUT2D eigenvalue weighted by Gasteiger charge is -2.15. The Balaban J connectivity index is 0.000000195. The number of hydrogen-bond acceptors (Lipinski definition) is 0. The van der Waals surface area contributed by atoms with Crippen LogP contribution in [0, 0.1) is 0 Å². The minimum absolute atomic E-state index is 0.779. The van der Waals surface area contributed by atoms with Gasteiger partial charge in [-0.1, -0.05) is 224 Å². The summed E-state index contributed by atoms with van der Waals surface area (Å²) in [6, 6.07) is 80.9. The van der Waals surface area contributed by atoms with Crippen molar-refractivity contribution in [2.24, 2.45) is 56.4 Å². The number of rotatable bonds is 22. The van der Waals surface area contributed by atoms with E-state index in [9.17, 15) is 0 Å². The molecule has 0 N–H and O–H groups in total. The van der Waals surface area contributed by atoms with Crippen molar-refractivity contribution in [3.8, 4) is 11.1 Å². The number of aryl methyl sites for hydroxylation is 12. The molecule has 0 aliphatic heterocycles. The molecule has 108 heavy (non-hydrogen) atoms. The zero-order valence-electron chi connectivity index (χ0n) is 67.4. The third kappa shape index (κ3) is 35.4. The first-order chi connectivity index (χ1) is 52.6. The molecule has 0 aliphatic rings. The summed E-state index contributed by atoms with van der Waals surface area (Å²) >= 11 is 0. The van der Waals surface area contributed by atoms with E-state index in [4.69, 9.17) is 0 Å². The molecule has 0 aliphatic carbocycles. The zero-order valence-corrected chi connectivity index (χ0v) is 67.4. The zero-order chi connectivity index (χ0) is 77.2. The van der Waals surface area contributed by atoms with Gasteiger partial charge in [-0.25, -0.2) is 36.5 Å². The summed E-state index contributed by atoms with van der Waals surface area (Å²) in [5.74, 6) is 0.779. The summed E-state index contributed by atoms with van der Waals surface area (Å²) in [7, 11) is 16.3. The number of aromatic nitrogens is 8. The minimum Gasteiger partial charge on any atom is -0.208 e. The third-order valence-electron chi connectivity index (χ3n) is 18.5. The van der Waals surface area contributed by atoms with Crippen LogP contribution in [0.4, 0.5) is 0 Å². The Bertz CT molecular complexity index is 4490. The molecule has 0 saturated carbocycles. The molecule has 8 nitrogen and oxygen atoms in total. The van der Waals surface area contributed by atoms with Gasteiger partial charge in [0.25, 0.3) is 0 Å². The van der Waals surface area contributed by atoms with Gasteiger partial charge in [-0.15, -0.1) is 0 Å². The van der Waals surface area contributed by atoms with E-state index in [-0.39, 0.29) is 0 Å². The fourth-order valence-electron chi connectivity index (χ4n) is 11.8. The molecule has 5 aromatic carbocycles. The fraction of sp³-hybridized carbons (Fsp3) is 0.280. The van der Waals surface area contributed by atoms with Crippen molar-refractivity contribution in [1.29, 1.82) is 0 Å². The molecule has 0 spiro atoms. The van der Waals surface area contributed by atoms with Gasteiger partial charge in [0.1, 0.15) is 56.4 Å². The second-order valence-electron chi connectivity index (χ2n) is 27.9. The van der Waals surface area contributed by atoms with E-state index in [1.807, 2.05) is 98.9 Å². The van der Waals surface area contributed by atoms with Crippen LogP contribution in [0.3, 0.4) is 0 Å². The molecule has 8 heterocycles. The van der Waals surface area contributed by atoms with Crippen LogP contribution in [-0.4, -0.2) is 0 Å². The van der Waals surface area contributed by atoms with E-state index in [0.717, 1.165) is 30.7 Å². The summed E-state index contributed by atoms with van der Waals surface area (Å²) in [5.41, 5.74) is 16.1. The first-order valence-corrected chi connectivity index (χ1v) is 39.1. The molecule has 0 saturated heterocycles. The normalized spacial score (nSPS) is 10.3. The molecule has 0 atom stereocenters. The summed E-state index contributed by atoms with van der Waals surface area (Å²) in [6.45, 7) is 12.6. The molecule has 0 unspecified atom stereocenters. The summed E-state index contributed by atoms with van der Waals surface area (Å²) in [4.78, 5) is 0. The Kier molecular flexibility index (Phi) is 40.8. The topological polar surface area (TPSA) is 31.0 Å². The molecular weight excluding hydrogens is 1310 g/mol. The predicted octanol–water partition coefficient (Wildman–Crippen LogP) is 19.2.